The minimum Gasteiger partial charge on any atom is -0.463 e. The molecule has 680 valence electrons. The number of nitriles is 1. The van der Waals surface area contributed by atoms with E-state index in [-0.39, 0.29) is 111 Å². The van der Waals surface area contributed by atoms with Gasteiger partial charge in [0.15, 0.2) is 55.5 Å². The normalized spacial score (nSPS) is 23.0. The number of hydrogen-bond acceptors (Lipinski definition) is 38. The van der Waals surface area contributed by atoms with Gasteiger partial charge in [0.2, 0.25) is 35.4 Å². The molecule has 0 spiro atoms. The maximum absolute atomic E-state index is 15.0. The second-order valence-corrected chi connectivity index (χ2v) is 29.4. The number of rotatable bonds is 52. The van der Waals surface area contributed by atoms with E-state index in [2.05, 4.69) is 38.0 Å². The summed E-state index contributed by atoms with van der Waals surface area (Å²) in [4.78, 5) is 192. The zero-order valence-corrected chi connectivity index (χ0v) is 71.8. The molecule has 6 N–H and O–H groups in total. The lowest BCUT2D eigenvalue weighted by Gasteiger charge is -2.44. The van der Waals surface area contributed by atoms with Crippen LogP contribution in [-0.2, 0) is 168 Å². The SMILES string of the molecule is CC(=O)NC1C(OCCOCCNC(=O)CN(CC(=O)NCCOCCOC2OC(COC(C)=O)C(OC(C)=O)C(OC(C)=O)C2NC(C)=O)C(Cc2ccc(OP(OCCC#N)N(C(C)C)C(C)C)cc2)C(=O)NCCOCCOC2OC(COC(C)=O)C(OC(C)=O)C(OC(C)=O)C2NC(C)=O)OC(COC(C)=O)C(OC(C)=O)C1OC(C)=O. The maximum atomic E-state index is 15.0. The average Bonchev–Trinajstić information content (AvgIpc) is 0.794. The van der Waals surface area contributed by atoms with Crippen LogP contribution in [0.3, 0.4) is 0 Å². The van der Waals surface area contributed by atoms with Gasteiger partial charge in [-0.05, 0) is 51.8 Å². The van der Waals surface area contributed by atoms with Crippen LogP contribution < -0.4 is 36.4 Å². The third kappa shape index (κ3) is 39.1. The van der Waals surface area contributed by atoms with Crippen LogP contribution in [0.25, 0.3) is 0 Å². The molecule has 3 aliphatic heterocycles. The Hall–Kier alpha value is -9.49. The van der Waals surface area contributed by atoms with Crippen molar-refractivity contribution in [2.45, 2.75) is 234 Å². The van der Waals surface area contributed by atoms with Gasteiger partial charge in [-0.3, -0.25) is 76.8 Å². The minimum atomic E-state index is -1.76. The molecule has 3 aliphatic rings. The Morgan fingerprint density at radius 1 is 0.421 bits per heavy atom. The summed E-state index contributed by atoms with van der Waals surface area (Å²) in [5, 5.41) is 25.4. The first-order chi connectivity index (χ1) is 57.3. The minimum absolute atomic E-state index is 0.0466. The van der Waals surface area contributed by atoms with Gasteiger partial charge >= 0.3 is 62.2 Å². The van der Waals surface area contributed by atoms with Crippen LogP contribution in [0, 0.1) is 11.3 Å². The number of nitrogens with one attached hydrogen (secondary N) is 6. The molecule has 1 aromatic carbocycles. The Morgan fingerprint density at radius 3 is 1.04 bits per heavy atom. The highest BCUT2D eigenvalue weighted by molar-refractivity contribution is 7.45. The second-order valence-electron chi connectivity index (χ2n) is 28.0. The van der Waals surface area contributed by atoms with Gasteiger partial charge in [0.05, 0.1) is 97.7 Å². The van der Waals surface area contributed by atoms with Crippen LogP contribution in [0.4, 0.5) is 0 Å². The monoisotopic (exact) mass is 1750 g/mol. The Labute approximate surface area is 702 Å². The van der Waals surface area contributed by atoms with Gasteiger partial charge < -0.3 is 126 Å². The summed E-state index contributed by atoms with van der Waals surface area (Å²) in [7, 11) is -1.76. The van der Waals surface area contributed by atoms with Gasteiger partial charge in [-0.2, -0.15) is 5.26 Å². The molecule has 4 rings (SSSR count). The molecule has 17 unspecified atom stereocenters. The molecular formula is C76H116N9O35P. The smallest absolute Gasteiger partial charge is 0.321 e. The van der Waals surface area contributed by atoms with Crippen LogP contribution in [0.1, 0.15) is 123 Å². The summed E-state index contributed by atoms with van der Waals surface area (Å²) < 4.78 is 117. The Morgan fingerprint density at radius 2 is 0.744 bits per heavy atom. The Bertz CT molecular complexity index is 3470. The topological polar surface area (TPSA) is 543 Å². The van der Waals surface area contributed by atoms with Crippen LogP contribution in [0.15, 0.2) is 24.3 Å². The van der Waals surface area contributed by atoms with Crippen molar-refractivity contribution in [3.63, 3.8) is 0 Å². The van der Waals surface area contributed by atoms with E-state index < -0.39 is 229 Å². The number of ether oxygens (including phenoxy) is 18. The number of nitrogens with zero attached hydrogens (tertiary/aromatic N) is 3. The zero-order valence-electron chi connectivity index (χ0n) is 70.9. The highest BCUT2D eigenvalue weighted by Crippen LogP contribution is 2.46. The molecule has 6 amide bonds. The van der Waals surface area contributed by atoms with E-state index in [0.29, 0.717) is 11.3 Å². The first-order valence-corrected chi connectivity index (χ1v) is 40.1. The molecule has 0 aromatic heterocycles. The number of benzene rings is 1. The molecule has 0 saturated carbocycles. The van der Waals surface area contributed by atoms with Crippen molar-refractivity contribution in [1.82, 2.24) is 41.5 Å². The van der Waals surface area contributed by atoms with E-state index in [1.54, 1.807) is 24.3 Å². The average molecular weight is 1750 g/mol. The lowest BCUT2D eigenvalue weighted by Crippen LogP contribution is -2.66. The summed E-state index contributed by atoms with van der Waals surface area (Å²) in [6.07, 6.45) is -16.5. The molecule has 3 heterocycles. The quantitative estimate of drug-likeness (QED) is 0.0197. The fourth-order valence-electron chi connectivity index (χ4n) is 12.6. The summed E-state index contributed by atoms with van der Waals surface area (Å²) in [6.45, 7) is 16.3. The molecule has 45 heteroatoms. The summed E-state index contributed by atoms with van der Waals surface area (Å²) >= 11 is 0. The van der Waals surface area contributed by atoms with Crippen molar-refractivity contribution in [3.8, 4) is 11.8 Å². The zero-order chi connectivity index (χ0) is 90.0. The van der Waals surface area contributed by atoms with E-state index in [1.807, 2.05) is 32.4 Å². The van der Waals surface area contributed by atoms with Gasteiger partial charge in [-0.25, -0.2) is 4.67 Å². The predicted molar refractivity (Wildman–Crippen MR) is 413 cm³/mol. The highest BCUT2D eigenvalue weighted by atomic mass is 31.2. The van der Waals surface area contributed by atoms with E-state index in [9.17, 15) is 77.2 Å². The van der Waals surface area contributed by atoms with Crippen LogP contribution in [0.5, 0.6) is 5.75 Å². The van der Waals surface area contributed by atoms with Crippen LogP contribution in [-0.4, -0.2) is 327 Å². The lowest BCUT2D eigenvalue weighted by atomic mass is 9.96. The maximum Gasteiger partial charge on any atom is 0.321 e. The van der Waals surface area contributed by atoms with Crippen molar-refractivity contribution >= 4 is 97.7 Å². The van der Waals surface area contributed by atoms with Crippen molar-refractivity contribution in [3.05, 3.63) is 29.8 Å². The molecule has 121 heavy (non-hydrogen) atoms. The molecule has 17 atom stereocenters. The molecule has 3 saturated heterocycles. The van der Waals surface area contributed by atoms with Gasteiger partial charge in [0.25, 0.3) is 0 Å². The Kier molecular flexibility index (Phi) is 47.0. The Balaban J connectivity index is 1.65. The fraction of sp³-hybridized carbons (Fsp3) is 0.711. The number of esters is 9. The molecule has 0 radical (unpaired) electrons. The molecule has 44 nitrogen and oxygen atoms in total. The third-order valence-electron chi connectivity index (χ3n) is 17.1. The predicted octanol–water partition coefficient (Wildman–Crippen LogP) is -1.03. The number of hydrogen-bond donors (Lipinski definition) is 6. The molecular weight excluding hydrogens is 1630 g/mol. The third-order valence-corrected chi connectivity index (χ3v) is 19.1. The molecule has 0 aliphatic carbocycles. The summed E-state index contributed by atoms with van der Waals surface area (Å²) in [5.74, 6) is -10.7. The number of carbonyl (C=O) groups is 15. The van der Waals surface area contributed by atoms with Gasteiger partial charge in [0.1, 0.15) is 62.0 Å². The van der Waals surface area contributed by atoms with Gasteiger partial charge in [0, 0.05) is 115 Å². The lowest BCUT2D eigenvalue weighted by molar-refractivity contribution is -0.279. The number of amides is 6. The van der Waals surface area contributed by atoms with Gasteiger partial charge in [-0.15, -0.1) is 0 Å². The van der Waals surface area contributed by atoms with Crippen LogP contribution >= 0.6 is 8.53 Å². The van der Waals surface area contributed by atoms with Gasteiger partial charge in [-0.1, -0.05) is 12.1 Å². The first-order valence-electron chi connectivity index (χ1n) is 39.0. The van der Waals surface area contributed by atoms with Crippen molar-refractivity contribution in [1.29, 1.82) is 5.26 Å². The van der Waals surface area contributed by atoms with Crippen molar-refractivity contribution in [2.24, 2.45) is 0 Å². The summed E-state index contributed by atoms with van der Waals surface area (Å²) in [5.41, 5.74) is 0.506. The second kappa shape index (κ2) is 54.8. The van der Waals surface area contributed by atoms with E-state index in [4.69, 9.17) is 94.3 Å². The first kappa shape index (κ1) is 104. The molecule has 3 fully saturated rings. The van der Waals surface area contributed by atoms with E-state index in [0.717, 1.165) is 62.3 Å². The summed E-state index contributed by atoms with van der Waals surface area (Å²) in [6, 6.07) is 3.43. The van der Waals surface area contributed by atoms with Crippen LogP contribution in [0.2, 0.25) is 0 Å². The molecule has 1 aromatic rings. The highest BCUT2D eigenvalue weighted by Gasteiger charge is 2.55. The van der Waals surface area contributed by atoms with Crippen molar-refractivity contribution < 1.29 is 166 Å². The van der Waals surface area contributed by atoms with E-state index >= 15 is 0 Å². The van der Waals surface area contributed by atoms with Crippen molar-refractivity contribution in [2.75, 3.05) is 119 Å². The van der Waals surface area contributed by atoms with E-state index in [1.165, 1.54) is 25.7 Å². The molecule has 0 bridgehead atoms. The largest absolute Gasteiger partial charge is 0.463 e. The standard InChI is InChI=1S/C76H116N9O35P/c1-42(2)85(43(3)4)121(110-26-17-22-77)120-57-20-18-56(19-21-57)36-58(73(100)80-25-29-103-32-35-106-76-66(83-46(7)88)72(116-55(16)97)69(113-52(13)94)61(119-76)41-109-49(10)91)84(37-62(98)78-23-27-101-30-33-104-74-64(81-44(5)86)70(114-53(14)95)67(111-50(11)92)59(117-74)39-107-47(8)89)38-63(99)79-24-28-102-31-34-105-75-65(82-45(6)87)71(115-54(15)96)68(112-51(12)93)60(118-75)40-108-48(9)90/h18-21,42-43,58-61,64-72,74-76H,17,23-41H2,1-16H3,(H,78,98)(H,79,99)(H,80,100)(H,81,86)(H,82,87)(H,83,88). The number of carbonyl (C=O) groups excluding carboxylic acids is 15. The fourth-order valence-corrected chi connectivity index (χ4v) is 14.2.